The van der Waals surface area contributed by atoms with Crippen molar-refractivity contribution in [3.8, 4) is 0 Å². The third kappa shape index (κ3) is 3.24. The molecule has 2 N–H and O–H groups in total. The monoisotopic (exact) mass is 306 g/mol. The standard InChI is InChI=1S/C15H18N2O5/c1-9(2)15(3-4-15)8-16-13(18)10-5-11(14(19)20)7-12(6-10)17(21)22/h5-7,9H,3-4,8H2,1-2H3,(H,16,18)(H,19,20). The highest BCUT2D eigenvalue weighted by atomic mass is 16.6. The van der Waals surface area contributed by atoms with Crippen molar-refractivity contribution in [2.24, 2.45) is 11.3 Å². The van der Waals surface area contributed by atoms with Gasteiger partial charge >= 0.3 is 5.97 Å². The summed E-state index contributed by atoms with van der Waals surface area (Å²) in [5.74, 6) is -1.36. The van der Waals surface area contributed by atoms with Gasteiger partial charge in [0.2, 0.25) is 0 Å². The van der Waals surface area contributed by atoms with E-state index in [0.29, 0.717) is 12.5 Å². The zero-order valence-electron chi connectivity index (χ0n) is 12.5. The van der Waals surface area contributed by atoms with Crippen LogP contribution in [0.25, 0.3) is 0 Å². The van der Waals surface area contributed by atoms with E-state index in [-0.39, 0.29) is 16.5 Å². The summed E-state index contributed by atoms with van der Waals surface area (Å²) in [6.07, 6.45) is 2.08. The Morgan fingerprint density at radius 2 is 1.91 bits per heavy atom. The molecule has 118 valence electrons. The number of carboxylic acids is 1. The van der Waals surface area contributed by atoms with Crippen LogP contribution in [0.3, 0.4) is 0 Å². The van der Waals surface area contributed by atoms with Gasteiger partial charge in [0.25, 0.3) is 11.6 Å². The van der Waals surface area contributed by atoms with E-state index < -0.39 is 22.5 Å². The number of carboxylic acid groups (broad SMARTS) is 1. The molecule has 2 rings (SSSR count). The Morgan fingerprint density at radius 3 is 2.36 bits per heavy atom. The van der Waals surface area contributed by atoms with Crippen molar-refractivity contribution >= 4 is 17.6 Å². The van der Waals surface area contributed by atoms with E-state index in [0.717, 1.165) is 31.0 Å². The van der Waals surface area contributed by atoms with Gasteiger partial charge in [-0.25, -0.2) is 4.79 Å². The van der Waals surface area contributed by atoms with Crippen LogP contribution in [-0.2, 0) is 0 Å². The molecule has 1 fully saturated rings. The fraction of sp³-hybridized carbons (Fsp3) is 0.467. The van der Waals surface area contributed by atoms with Gasteiger partial charge in [0, 0.05) is 24.2 Å². The normalized spacial score (nSPS) is 15.4. The number of nitro benzene ring substituents is 1. The number of carbonyl (C=O) groups excluding carboxylic acids is 1. The lowest BCUT2D eigenvalue weighted by molar-refractivity contribution is -0.384. The number of nitrogens with one attached hydrogen (secondary N) is 1. The molecule has 7 heteroatoms. The summed E-state index contributed by atoms with van der Waals surface area (Å²) in [4.78, 5) is 33.3. The Morgan fingerprint density at radius 1 is 1.32 bits per heavy atom. The smallest absolute Gasteiger partial charge is 0.335 e. The van der Waals surface area contributed by atoms with Gasteiger partial charge < -0.3 is 10.4 Å². The van der Waals surface area contributed by atoms with Crippen molar-refractivity contribution in [1.29, 1.82) is 0 Å². The molecule has 0 radical (unpaired) electrons. The van der Waals surface area contributed by atoms with E-state index in [1.807, 2.05) is 0 Å². The van der Waals surface area contributed by atoms with Crippen LogP contribution in [0.1, 0.15) is 47.4 Å². The third-order valence-corrected chi connectivity index (χ3v) is 4.36. The lowest BCUT2D eigenvalue weighted by atomic mass is 9.92. The molecule has 0 atom stereocenters. The Kier molecular flexibility index (Phi) is 4.16. The van der Waals surface area contributed by atoms with Gasteiger partial charge in [-0.3, -0.25) is 14.9 Å². The van der Waals surface area contributed by atoms with Crippen LogP contribution in [-0.4, -0.2) is 28.5 Å². The average Bonchev–Trinajstić information content (AvgIpc) is 3.25. The van der Waals surface area contributed by atoms with Gasteiger partial charge in [0.15, 0.2) is 0 Å². The lowest BCUT2D eigenvalue weighted by Crippen LogP contribution is -2.32. The molecular formula is C15H18N2O5. The third-order valence-electron chi connectivity index (χ3n) is 4.36. The lowest BCUT2D eigenvalue weighted by Gasteiger charge is -2.20. The van der Waals surface area contributed by atoms with Crippen LogP contribution in [0.2, 0.25) is 0 Å². The maximum absolute atomic E-state index is 12.2. The molecule has 1 aliphatic carbocycles. The van der Waals surface area contributed by atoms with Crippen LogP contribution < -0.4 is 5.32 Å². The number of benzene rings is 1. The predicted molar refractivity (Wildman–Crippen MR) is 78.9 cm³/mol. The molecule has 0 saturated heterocycles. The van der Waals surface area contributed by atoms with E-state index in [4.69, 9.17) is 5.11 Å². The SMILES string of the molecule is CC(C)C1(CNC(=O)c2cc(C(=O)O)cc([N+](=O)[O-])c2)CC1. The quantitative estimate of drug-likeness (QED) is 0.619. The number of nitro groups is 1. The van der Waals surface area contributed by atoms with Crippen LogP contribution in [0.5, 0.6) is 0 Å². The summed E-state index contributed by atoms with van der Waals surface area (Å²) in [6.45, 7) is 4.68. The maximum atomic E-state index is 12.2. The van der Waals surface area contributed by atoms with Gasteiger partial charge in [-0.1, -0.05) is 13.8 Å². The minimum absolute atomic E-state index is 0.00819. The van der Waals surface area contributed by atoms with Gasteiger partial charge in [0.1, 0.15) is 0 Å². The Bertz CT molecular complexity index is 603. The van der Waals surface area contributed by atoms with Gasteiger partial charge in [-0.05, 0) is 30.2 Å². The molecule has 0 aliphatic heterocycles. The van der Waals surface area contributed by atoms with Crippen molar-refractivity contribution in [3.05, 3.63) is 39.4 Å². The number of non-ortho nitro benzene ring substituents is 1. The molecule has 0 heterocycles. The summed E-state index contributed by atoms with van der Waals surface area (Å²) in [5.41, 5.74) is -0.586. The second-order valence-electron chi connectivity index (χ2n) is 6.03. The molecule has 1 aliphatic rings. The molecule has 22 heavy (non-hydrogen) atoms. The van der Waals surface area contributed by atoms with E-state index in [1.54, 1.807) is 0 Å². The first-order valence-corrected chi connectivity index (χ1v) is 7.06. The van der Waals surface area contributed by atoms with Crippen molar-refractivity contribution in [3.63, 3.8) is 0 Å². The predicted octanol–water partition coefficient (Wildman–Crippen LogP) is 2.46. The Labute approximate surface area is 127 Å². The molecular weight excluding hydrogens is 288 g/mol. The number of nitrogens with zero attached hydrogens (tertiary/aromatic N) is 1. The highest BCUT2D eigenvalue weighted by molar-refractivity contribution is 5.98. The van der Waals surface area contributed by atoms with Crippen LogP contribution in [0, 0.1) is 21.4 Å². The Balaban J connectivity index is 2.18. The molecule has 0 aromatic heterocycles. The fourth-order valence-electron chi connectivity index (χ4n) is 2.45. The molecule has 0 bridgehead atoms. The number of carbonyl (C=O) groups is 2. The first-order chi connectivity index (χ1) is 10.2. The number of hydrogen-bond acceptors (Lipinski definition) is 4. The first-order valence-electron chi connectivity index (χ1n) is 7.06. The second-order valence-corrected chi connectivity index (χ2v) is 6.03. The van der Waals surface area contributed by atoms with Gasteiger partial charge in [-0.2, -0.15) is 0 Å². The van der Waals surface area contributed by atoms with Crippen LogP contribution >= 0.6 is 0 Å². The first kappa shape index (κ1) is 15.9. The van der Waals surface area contributed by atoms with Crippen molar-refractivity contribution in [1.82, 2.24) is 5.32 Å². The molecule has 1 aromatic rings. The average molecular weight is 306 g/mol. The number of amides is 1. The van der Waals surface area contributed by atoms with Crippen molar-refractivity contribution in [2.75, 3.05) is 6.54 Å². The minimum Gasteiger partial charge on any atom is -0.478 e. The van der Waals surface area contributed by atoms with Crippen LogP contribution in [0.15, 0.2) is 18.2 Å². The number of hydrogen-bond donors (Lipinski definition) is 2. The van der Waals surface area contributed by atoms with Crippen LogP contribution in [0.4, 0.5) is 5.69 Å². The fourth-order valence-corrected chi connectivity index (χ4v) is 2.45. The highest BCUT2D eigenvalue weighted by Gasteiger charge is 2.45. The molecule has 7 nitrogen and oxygen atoms in total. The van der Waals surface area contributed by atoms with Crippen molar-refractivity contribution in [2.45, 2.75) is 26.7 Å². The van der Waals surface area contributed by atoms with E-state index in [9.17, 15) is 19.7 Å². The topological polar surface area (TPSA) is 110 Å². The zero-order chi connectivity index (χ0) is 16.5. The Hall–Kier alpha value is -2.44. The molecule has 1 saturated carbocycles. The number of aromatic carboxylic acids is 1. The largest absolute Gasteiger partial charge is 0.478 e. The van der Waals surface area contributed by atoms with Gasteiger partial charge in [-0.15, -0.1) is 0 Å². The van der Waals surface area contributed by atoms with E-state index in [1.165, 1.54) is 0 Å². The summed E-state index contributed by atoms with van der Waals surface area (Å²) >= 11 is 0. The zero-order valence-corrected chi connectivity index (χ0v) is 12.5. The van der Waals surface area contributed by atoms with E-state index in [2.05, 4.69) is 19.2 Å². The summed E-state index contributed by atoms with van der Waals surface area (Å²) in [5, 5.41) is 22.6. The maximum Gasteiger partial charge on any atom is 0.335 e. The molecule has 1 aromatic carbocycles. The summed E-state index contributed by atoms with van der Waals surface area (Å²) in [6, 6.07) is 3.19. The second kappa shape index (κ2) is 5.75. The summed E-state index contributed by atoms with van der Waals surface area (Å²) in [7, 11) is 0. The molecule has 0 unspecified atom stereocenters. The van der Waals surface area contributed by atoms with Crippen molar-refractivity contribution < 1.29 is 19.6 Å². The number of rotatable bonds is 6. The van der Waals surface area contributed by atoms with E-state index >= 15 is 0 Å². The summed E-state index contributed by atoms with van der Waals surface area (Å²) < 4.78 is 0. The highest BCUT2D eigenvalue weighted by Crippen LogP contribution is 2.51. The minimum atomic E-state index is -1.31. The van der Waals surface area contributed by atoms with Gasteiger partial charge in [0.05, 0.1) is 10.5 Å². The molecule has 0 spiro atoms. The molecule has 1 amide bonds.